The molecule has 0 bridgehead atoms. The molecule has 0 unspecified atom stereocenters. The second-order valence-electron chi connectivity index (χ2n) is 8.05. The number of aryl methyl sites for hydroxylation is 2. The number of carbonyl (C=O) groups excluding carboxylic acids is 1. The second kappa shape index (κ2) is 8.22. The minimum absolute atomic E-state index is 0.00344. The predicted octanol–water partition coefficient (Wildman–Crippen LogP) is 4.78. The third kappa shape index (κ3) is 4.32. The van der Waals surface area contributed by atoms with E-state index in [2.05, 4.69) is 0 Å². The van der Waals surface area contributed by atoms with Crippen LogP contribution in [0.5, 0.6) is 17.2 Å². The van der Waals surface area contributed by atoms with Gasteiger partial charge in [0.1, 0.15) is 17.2 Å². The van der Waals surface area contributed by atoms with Gasteiger partial charge in [-0.15, -0.1) is 0 Å². The number of aliphatic carboxylic acids is 1. The Kier molecular flexibility index (Phi) is 6.30. The van der Waals surface area contributed by atoms with Crippen LogP contribution in [-0.2, 0) is 4.79 Å². The summed E-state index contributed by atoms with van der Waals surface area (Å²) in [5.74, 6) is -1.15. The molecular weight excluding hydrogens is 384 g/mol. The van der Waals surface area contributed by atoms with Crippen molar-refractivity contribution in [1.82, 2.24) is 0 Å². The molecular formula is C24H28O6. The third-order valence-electron chi connectivity index (χ3n) is 5.27. The van der Waals surface area contributed by atoms with Crippen LogP contribution in [0.25, 0.3) is 6.08 Å². The van der Waals surface area contributed by atoms with Crippen LogP contribution in [0.15, 0.2) is 18.2 Å². The largest absolute Gasteiger partial charge is 0.507 e. The summed E-state index contributed by atoms with van der Waals surface area (Å²) >= 11 is 0. The van der Waals surface area contributed by atoms with E-state index in [1.165, 1.54) is 19.9 Å². The number of carboxylic acid groups (broad SMARTS) is 1. The molecule has 0 aliphatic carbocycles. The molecule has 0 spiro atoms. The van der Waals surface area contributed by atoms with E-state index in [1.807, 2.05) is 0 Å². The highest BCUT2D eigenvalue weighted by Gasteiger charge is 2.30. The van der Waals surface area contributed by atoms with Gasteiger partial charge in [0.15, 0.2) is 11.4 Å². The minimum atomic E-state index is -1.37. The number of hydrogen-bond donors (Lipinski definition) is 3. The van der Waals surface area contributed by atoms with Gasteiger partial charge in [0.25, 0.3) is 0 Å². The van der Waals surface area contributed by atoms with Gasteiger partial charge in [-0.25, -0.2) is 4.79 Å². The van der Waals surface area contributed by atoms with Gasteiger partial charge in [0.05, 0.1) is 5.56 Å². The molecule has 0 aromatic heterocycles. The van der Waals surface area contributed by atoms with Crippen molar-refractivity contribution in [3.63, 3.8) is 0 Å². The monoisotopic (exact) mass is 412 g/mol. The van der Waals surface area contributed by atoms with Crippen LogP contribution in [0.2, 0.25) is 0 Å². The van der Waals surface area contributed by atoms with Crippen molar-refractivity contribution in [2.45, 2.75) is 54.1 Å². The van der Waals surface area contributed by atoms with Gasteiger partial charge in [-0.3, -0.25) is 4.79 Å². The van der Waals surface area contributed by atoms with Crippen LogP contribution in [0.1, 0.15) is 57.6 Å². The van der Waals surface area contributed by atoms with Gasteiger partial charge in [0, 0.05) is 5.56 Å². The summed E-state index contributed by atoms with van der Waals surface area (Å²) in [6.07, 6.45) is 2.95. The van der Waals surface area contributed by atoms with Crippen molar-refractivity contribution in [2.24, 2.45) is 0 Å². The molecule has 0 aliphatic heterocycles. The Bertz CT molecular complexity index is 1010. The third-order valence-corrected chi connectivity index (χ3v) is 5.27. The molecule has 0 heterocycles. The molecule has 2 rings (SSSR count). The quantitative estimate of drug-likeness (QED) is 0.358. The van der Waals surface area contributed by atoms with Crippen LogP contribution in [0, 0.1) is 34.6 Å². The Labute approximate surface area is 176 Å². The van der Waals surface area contributed by atoms with Gasteiger partial charge in [0.2, 0.25) is 0 Å². The number of carboxylic acids is 1. The minimum Gasteiger partial charge on any atom is -0.507 e. The SMILES string of the molecule is Cc1cc(C=CC(=O)c2c(C)c(O)c(C)c(C)c2O)cc(C)c1OC(C)(C)C(=O)O. The van der Waals surface area contributed by atoms with E-state index >= 15 is 0 Å². The standard InChI is InChI=1S/C24H28O6/c1-12-10-17(11-13(2)22(12)30-24(6,7)23(28)29)8-9-18(25)19-16(5)20(26)14(3)15(4)21(19)27/h8-11,26-27H,1-7H3,(H,28,29). The van der Waals surface area contributed by atoms with E-state index in [9.17, 15) is 24.9 Å². The Morgan fingerprint density at radius 2 is 1.40 bits per heavy atom. The number of aromatic hydroxyl groups is 2. The summed E-state index contributed by atoms with van der Waals surface area (Å²) in [7, 11) is 0. The second-order valence-corrected chi connectivity index (χ2v) is 8.05. The molecule has 0 aliphatic rings. The van der Waals surface area contributed by atoms with Gasteiger partial charge in [-0.2, -0.15) is 0 Å². The van der Waals surface area contributed by atoms with Crippen molar-refractivity contribution in [3.05, 3.63) is 57.2 Å². The summed E-state index contributed by atoms with van der Waals surface area (Å²) in [5.41, 5.74) is 2.23. The molecule has 160 valence electrons. The normalized spacial score (nSPS) is 11.7. The molecule has 0 saturated heterocycles. The van der Waals surface area contributed by atoms with Crippen LogP contribution >= 0.6 is 0 Å². The van der Waals surface area contributed by atoms with E-state index in [0.717, 1.165) is 16.7 Å². The Hall–Kier alpha value is -3.28. The highest BCUT2D eigenvalue weighted by molar-refractivity contribution is 6.10. The first kappa shape index (κ1) is 23.0. The maximum absolute atomic E-state index is 12.7. The van der Waals surface area contributed by atoms with E-state index in [-0.39, 0.29) is 17.1 Å². The number of benzene rings is 2. The first-order chi connectivity index (χ1) is 13.8. The van der Waals surface area contributed by atoms with Gasteiger partial charge in [-0.05, 0) is 94.5 Å². The fourth-order valence-electron chi connectivity index (χ4n) is 3.22. The number of carbonyl (C=O) groups is 2. The number of rotatable bonds is 6. The zero-order valence-electron chi connectivity index (χ0n) is 18.4. The fourth-order valence-corrected chi connectivity index (χ4v) is 3.22. The Morgan fingerprint density at radius 1 is 0.900 bits per heavy atom. The highest BCUT2D eigenvalue weighted by Crippen LogP contribution is 2.36. The zero-order chi connectivity index (χ0) is 23.0. The van der Waals surface area contributed by atoms with E-state index in [0.29, 0.717) is 22.4 Å². The highest BCUT2D eigenvalue weighted by atomic mass is 16.5. The summed E-state index contributed by atoms with van der Waals surface area (Å²) in [5, 5.41) is 29.9. The van der Waals surface area contributed by atoms with Crippen molar-refractivity contribution >= 4 is 17.8 Å². The lowest BCUT2D eigenvalue weighted by atomic mass is 9.94. The average Bonchev–Trinajstić information content (AvgIpc) is 2.66. The van der Waals surface area contributed by atoms with Crippen molar-refractivity contribution in [3.8, 4) is 17.2 Å². The molecule has 6 nitrogen and oxygen atoms in total. The van der Waals surface area contributed by atoms with Crippen molar-refractivity contribution in [2.75, 3.05) is 0 Å². The van der Waals surface area contributed by atoms with Gasteiger partial charge in [-0.1, -0.05) is 6.08 Å². The van der Waals surface area contributed by atoms with Crippen LogP contribution in [0.3, 0.4) is 0 Å². The zero-order valence-corrected chi connectivity index (χ0v) is 18.4. The van der Waals surface area contributed by atoms with Crippen molar-refractivity contribution < 1.29 is 29.6 Å². The summed E-state index contributed by atoms with van der Waals surface area (Å²) in [6.45, 7) is 11.5. The van der Waals surface area contributed by atoms with Crippen LogP contribution in [-0.4, -0.2) is 32.7 Å². The molecule has 3 N–H and O–H groups in total. The molecule has 2 aromatic rings. The Balaban J connectivity index is 2.38. The molecule has 2 aromatic carbocycles. The molecule has 6 heteroatoms. The average molecular weight is 412 g/mol. The summed E-state index contributed by atoms with van der Waals surface area (Å²) < 4.78 is 5.69. The number of phenolic OH excluding ortho intramolecular Hbond substituents is 2. The summed E-state index contributed by atoms with van der Waals surface area (Å²) in [6, 6.07) is 3.57. The molecule has 30 heavy (non-hydrogen) atoms. The van der Waals surface area contributed by atoms with Crippen LogP contribution in [0.4, 0.5) is 0 Å². The number of ketones is 1. The number of allylic oxidation sites excluding steroid dienone is 1. The smallest absolute Gasteiger partial charge is 0.347 e. The van der Waals surface area contributed by atoms with Crippen LogP contribution < -0.4 is 4.74 Å². The molecule has 0 amide bonds. The predicted molar refractivity (Wildman–Crippen MR) is 116 cm³/mol. The lowest BCUT2D eigenvalue weighted by Gasteiger charge is -2.24. The topological polar surface area (TPSA) is 104 Å². The maximum atomic E-state index is 12.7. The molecule has 0 saturated carbocycles. The first-order valence-electron chi connectivity index (χ1n) is 9.55. The van der Waals surface area contributed by atoms with Gasteiger partial charge >= 0.3 is 5.97 Å². The number of hydrogen-bond acceptors (Lipinski definition) is 5. The number of ether oxygens (including phenoxy) is 1. The van der Waals surface area contributed by atoms with Gasteiger partial charge < -0.3 is 20.1 Å². The molecule has 0 atom stereocenters. The first-order valence-corrected chi connectivity index (χ1v) is 9.55. The fraction of sp³-hybridized carbons (Fsp3) is 0.333. The maximum Gasteiger partial charge on any atom is 0.347 e. The van der Waals surface area contributed by atoms with Crippen molar-refractivity contribution in [1.29, 1.82) is 0 Å². The van der Waals surface area contributed by atoms with E-state index in [1.54, 1.807) is 52.8 Å². The molecule has 0 radical (unpaired) electrons. The van der Waals surface area contributed by atoms with E-state index in [4.69, 9.17) is 4.74 Å². The van der Waals surface area contributed by atoms with E-state index < -0.39 is 17.4 Å². The number of phenols is 2. The summed E-state index contributed by atoms with van der Waals surface area (Å²) in [4.78, 5) is 24.1. The Morgan fingerprint density at radius 3 is 1.90 bits per heavy atom. The molecule has 0 fully saturated rings. The lowest BCUT2D eigenvalue weighted by Crippen LogP contribution is -2.38. The lowest BCUT2D eigenvalue weighted by molar-refractivity contribution is -0.152.